The highest BCUT2D eigenvalue weighted by Crippen LogP contribution is 2.40. The summed E-state index contributed by atoms with van der Waals surface area (Å²) in [5, 5.41) is 16.7. The molecule has 1 saturated carbocycles. The molecule has 1 fully saturated rings. The van der Waals surface area contributed by atoms with Gasteiger partial charge in [0.1, 0.15) is 24.0 Å². The quantitative estimate of drug-likeness (QED) is 0.588. The molecule has 0 unspecified atom stereocenters. The fourth-order valence-corrected chi connectivity index (χ4v) is 4.65. The molecular formula is C25H22F3N5O2. The number of alkyl halides is 3. The SMILES string of the molecule is N#Cc1c2c(n(-c3ccccc3)c1NC(=O)Cn1nc(C3CC3)cc(C(F)(F)F)c1=O)CCCC2. The Morgan fingerprint density at radius 3 is 2.54 bits per heavy atom. The number of fused-ring (bicyclic) bond motifs is 1. The first-order chi connectivity index (χ1) is 16.8. The van der Waals surface area contributed by atoms with E-state index in [2.05, 4.69) is 16.5 Å². The maximum atomic E-state index is 13.5. The fourth-order valence-electron chi connectivity index (χ4n) is 4.65. The van der Waals surface area contributed by atoms with Crippen LogP contribution < -0.4 is 10.9 Å². The number of amides is 1. The van der Waals surface area contributed by atoms with Gasteiger partial charge >= 0.3 is 6.18 Å². The van der Waals surface area contributed by atoms with Crippen molar-refractivity contribution in [2.45, 2.75) is 57.2 Å². The van der Waals surface area contributed by atoms with Crippen LogP contribution in [0.5, 0.6) is 0 Å². The third-order valence-corrected chi connectivity index (χ3v) is 6.44. The van der Waals surface area contributed by atoms with E-state index in [-0.39, 0.29) is 17.4 Å². The Morgan fingerprint density at radius 2 is 1.89 bits per heavy atom. The first kappa shape index (κ1) is 22.9. The third-order valence-electron chi connectivity index (χ3n) is 6.44. The number of halogens is 3. The number of aromatic nitrogens is 3. The van der Waals surface area contributed by atoms with Crippen molar-refractivity contribution in [1.82, 2.24) is 14.3 Å². The Morgan fingerprint density at radius 1 is 1.17 bits per heavy atom. The highest BCUT2D eigenvalue weighted by Gasteiger charge is 2.38. The Kier molecular flexibility index (Phi) is 5.71. The monoisotopic (exact) mass is 481 g/mol. The number of nitriles is 1. The van der Waals surface area contributed by atoms with Crippen LogP contribution in [0.1, 0.15) is 59.7 Å². The van der Waals surface area contributed by atoms with Gasteiger partial charge in [-0.15, -0.1) is 0 Å². The van der Waals surface area contributed by atoms with E-state index in [1.54, 1.807) is 0 Å². The summed E-state index contributed by atoms with van der Waals surface area (Å²) in [5.74, 6) is -0.611. The van der Waals surface area contributed by atoms with Crippen LogP contribution >= 0.6 is 0 Å². The molecule has 0 bridgehead atoms. The van der Waals surface area contributed by atoms with Crippen LogP contribution in [0, 0.1) is 11.3 Å². The van der Waals surface area contributed by atoms with Gasteiger partial charge in [-0.1, -0.05) is 18.2 Å². The molecule has 0 aliphatic heterocycles. The first-order valence-corrected chi connectivity index (χ1v) is 11.5. The molecule has 1 amide bonds. The summed E-state index contributed by atoms with van der Waals surface area (Å²) in [6, 6.07) is 12.2. The molecule has 0 spiro atoms. The number of nitrogens with one attached hydrogen (secondary N) is 1. The summed E-state index contributed by atoms with van der Waals surface area (Å²) >= 11 is 0. The largest absolute Gasteiger partial charge is 0.421 e. The van der Waals surface area contributed by atoms with Gasteiger partial charge in [0.15, 0.2) is 0 Å². The smallest absolute Gasteiger partial charge is 0.309 e. The van der Waals surface area contributed by atoms with Crippen LogP contribution in [0.15, 0.2) is 41.2 Å². The number of rotatable bonds is 5. The lowest BCUT2D eigenvalue weighted by atomic mass is 9.95. The number of benzene rings is 1. The van der Waals surface area contributed by atoms with E-state index in [4.69, 9.17) is 0 Å². The molecule has 0 atom stereocenters. The highest BCUT2D eigenvalue weighted by atomic mass is 19.4. The summed E-state index contributed by atoms with van der Waals surface area (Å²) in [5.41, 5.74) is 0.347. The molecule has 5 rings (SSSR count). The molecule has 1 N–H and O–H groups in total. The van der Waals surface area contributed by atoms with Crippen LogP contribution in [0.4, 0.5) is 19.0 Å². The van der Waals surface area contributed by atoms with Crippen molar-refractivity contribution < 1.29 is 18.0 Å². The summed E-state index contributed by atoms with van der Waals surface area (Å²) in [6.45, 7) is -0.696. The van der Waals surface area contributed by atoms with Crippen LogP contribution in [0.2, 0.25) is 0 Å². The van der Waals surface area contributed by atoms with E-state index in [0.29, 0.717) is 29.5 Å². The Bertz CT molecular complexity index is 1400. The maximum Gasteiger partial charge on any atom is 0.421 e. The van der Waals surface area contributed by atoms with E-state index in [1.165, 1.54) is 0 Å². The number of hydrogen-bond donors (Lipinski definition) is 1. The van der Waals surface area contributed by atoms with Gasteiger partial charge in [0.25, 0.3) is 5.56 Å². The van der Waals surface area contributed by atoms with Gasteiger partial charge in [-0.2, -0.15) is 23.5 Å². The number of nitrogens with zero attached hydrogens (tertiary/aromatic N) is 4. The summed E-state index contributed by atoms with van der Waals surface area (Å²) in [4.78, 5) is 25.6. The lowest BCUT2D eigenvalue weighted by Crippen LogP contribution is -2.35. The van der Waals surface area contributed by atoms with Gasteiger partial charge in [-0.25, -0.2) is 4.68 Å². The maximum absolute atomic E-state index is 13.5. The molecule has 2 aromatic heterocycles. The zero-order chi connectivity index (χ0) is 24.7. The number of para-hydroxylation sites is 1. The standard InChI is InChI=1S/C25H22F3N5O2/c26-25(27,28)19-12-20(15-10-11-15)31-32(24(19)35)14-22(34)30-23-18(13-29)17-8-4-5-9-21(17)33(23)16-6-2-1-3-7-16/h1-3,6-7,12,15H,4-5,8-11,14H2,(H,30,34). The molecule has 180 valence electrons. The molecule has 2 aliphatic rings. The van der Waals surface area contributed by atoms with Gasteiger partial charge in [0.05, 0.1) is 11.3 Å². The topological polar surface area (TPSA) is 92.7 Å². The van der Waals surface area contributed by atoms with Crippen molar-refractivity contribution in [3.05, 3.63) is 74.8 Å². The minimum Gasteiger partial charge on any atom is -0.309 e. The van der Waals surface area contributed by atoms with Gasteiger partial charge in [0.2, 0.25) is 5.91 Å². The predicted octanol–water partition coefficient (Wildman–Crippen LogP) is 4.32. The molecule has 35 heavy (non-hydrogen) atoms. The first-order valence-electron chi connectivity index (χ1n) is 11.5. The lowest BCUT2D eigenvalue weighted by Gasteiger charge is -2.17. The average molecular weight is 481 g/mol. The van der Waals surface area contributed by atoms with E-state index in [1.807, 2.05) is 34.9 Å². The second-order valence-corrected chi connectivity index (χ2v) is 8.90. The predicted molar refractivity (Wildman–Crippen MR) is 121 cm³/mol. The molecule has 10 heteroatoms. The molecule has 3 aromatic rings. The minimum atomic E-state index is -4.85. The Hall–Kier alpha value is -3.87. The van der Waals surface area contributed by atoms with Gasteiger partial charge < -0.3 is 5.32 Å². The van der Waals surface area contributed by atoms with E-state index >= 15 is 0 Å². The van der Waals surface area contributed by atoms with Gasteiger partial charge in [-0.05, 0) is 62.3 Å². The lowest BCUT2D eigenvalue weighted by molar-refractivity contribution is -0.139. The van der Waals surface area contributed by atoms with Crippen molar-refractivity contribution in [2.24, 2.45) is 0 Å². The van der Waals surface area contributed by atoms with E-state index in [0.717, 1.165) is 42.3 Å². The second-order valence-electron chi connectivity index (χ2n) is 8.90. The fraction of sp³-hybridized carbons (Fsp3) is 0.360. The van der Waals surface area contributed by atoms with Crippen molar-refractivity contribution in [3.8, 4) is 11.8 Å². The molecule has 0 saturated heterocycles. The molecule has 7 nitrogen and oxygen atoms in total. The Labute approximate surface area is 198 Å². The normalized spacial score (nSPS) is 15.4. The van der Waals surface area contributed by atoms with Gasteiger partial charge in [0, 0.05) is 17.3 Å². The number of carbonyl (C=O) groups is 1. The van der Waals surface area contributed by atoms with Crippen LogP contribution in [0.3, 0.4) is 0 Å². The van der Waals surface area contributed by atoms with Crippen molar-refractivity contribution in [1.29, 1.82) is 5.26 Å². The van der Waals surface area contributed by atoms with E-state index < -0.39 is 29.8 Å². The third kappa shape index (κ3) is 4.34. The second kappa shape index (κ2) is 8.73. The molecule has 2 heterocycles. The Balaban J connectivity index is 1.53. The van der Waals surface area contributed by atoms with Crippen molar-refractivity contribution >= 4 is 11.7 Å². The van der Waals surface area contributed by atoms with Crippen molar-refractivity contribution in [2.75, 3.05) is 5.32 Å². The van der Waals surface area contributed by atoms with E-state index in [9.17, 15) is 28.0 Å². The number of anilines is 1. The van der Waals surface area contributed by atoms with Crippen LogP contribution in [0.25, 0.3) is 5.69 Å². The zero-order valence-electron chi connectivity index (χ0n) is 18.7. The molecule has 1 aromatic carbocycles. The van der Waals surface area contributed by atoms with Crippen molar-refractivity contribution in [3.63, 3.8) is 0 Å². The molecular weight excluding hydrogens is 459 g/mol. The molecule has 0 radical (unpaired) electrons. The van der Waals surface area contributed by atoms with Crippen LogP contribution in [-0.2, 0) is 30.4 Å². The number of carbonyl (C=O) groups excluding carboxylic acids is 1. The molecule has 2 aliphatic carbocycles. The summed E-state index contributed by atoms with van der Waals surface area (Å²) < 4.78 is 42.8. The zero-order valence-corrected chi connectivity index (χ0v) is 18.7. The summed E-state index contributed by atoms with van der Waals surface area (Å²) in [6.07, 6.45) is -0.185. The van der Waals surface area contributed by atoms with Crippen LogP contribution in [-0.4, -0.2) is 20.3 Å². The summed E-state index contributed by atoms with van der Waals surface area (Å²) in [7, 11) is 0. The highest BCUT2D eigenvalue weighted by molar-refractivity contribution is 5.92. The number of hydrogen-bond acceptors (Lipinski definition) is 4. The average Bonchev–Trinajstić information content (AvgIpc) is 3.63. The van der Waals surface area contributed by atoms with Gasteiger partial charge in [-0.3, -0.25) is 14.2 Å². The minimum absolute atomic E-state index is 0.141.